The van der Waals surface area contributed by atoms with Crippen molar-refractivity contribution in [2.45, 2.75) is 49.8 Å². The second-order valence-corrected chi connectivity index (χ2v) is 6.23. The van der Waals surface area contributed by atoms with Crippen molar-refractivity contribution in [3.05, 3.63) is 0 Å². The van der Waals surface area contributed by atoms with Crippen LogP contribution in [0.5, 0.6) is 0 Å². The monoisotopic (exact) mass is 242 g/mol. The first-order valence-corrected chi connectivity index (χ1v) is 7.50. The normalized spacial score (nSPS) is 29.0. The van der Waals surface area contributed by atoms with E-state index in [0.717, 1.165) is 19.6 Å². The van der Waals surface area contributed by atoms with Crippen LogP contribution in [-0.4, -0.2) is 41.1 Å². The number of carbonyl (C=O) groups excluding carboxylic acids is 1. The highest BCUT2D eigenvalue weighted by molar-refractivity contribution is 8.00. The van der Waals surface area contributed by atoms with Gasteiger partial charge in [-0.25, -0.2) is 0 Å². The Kier molecular flexibility index (Phi) is 3.80. The molecule has 0 radical (unpaired) electrons. The molecule has 4 heteroatoms. The third-order valence-corrected chi connectivity index (χ3v) is 5.38. The molecule has 1 N–H and O–H groups in total. The molecule has 2 aliphatic rings. The molecule has 0 bridgehead atoms. The summed E-state index contributed by atoms with van der Waals surface area (Å²) in [5.41, 5.74) is 0. The SMILES string of the molecule is CCC1NCN(CC2(SC)CCCC2)C1=O. The highest BCUT2D eigenvalue weighted by Gasteiger charge is 2.39. The zero-order chi connectivity index (χ0) is 11.6. The lowest BCUT2D eigenvalue weighted by Gasteiger charge is -2.31. The first-order valence-electron chi connectivity index (χ1n) is 6.28. The van der Waals surface area contributed by atoms with E-state index in [9.17, 15) is 4.79 Å². The number of hydrogen-bond donors (Lipinski definition) is 1. The summed E-state index contributed by atoms with van der Waals surface area (Å²) in [5, 5.41) is 3.29. The molecule has 92 valence electrons. The summed E-state index contributed by atoms with van der Waals surface area (Å²) in [7, 11) is 0. The highest BCUT2D eigenvalue weighted by atomic mass is 32.2. The van der Waals surface area contributed by atoms with Gasteiger partial charge in [-0.3, -0.25) is 10.1 Å². The Hall–Kier alpha value is -0.220. The number of rotatable bonds is 4. The number of thioether (sulfide) groups is 1. The van der Waals surface area contributed by atoms with Crippen LogP contribution in [0.4, 0.5) is 0 Å². The summed E-state index contributed by atoms with van der Waals surface area (Å²) in [5.74, 6) is 0.308. The molecule has 16 heavy (non-hydrogen) atoms. The molecular formula is C12H22N2OS. The van der Waals surface area contributed by atoms with Crippen LogP contribution >= 0.6 is 11.8 Å². The van der Waals surface area contributed by atoms with E-state index in [-0.39, 0.29) is 6.04 Å². The van der Waals surface area contributed by atoms with E-state index in [2.05, 4.69) is 18.5 Å². The van der Waals surface area contributed by atoms with E-state index in [1.807, 2.05) is 16.7 Å². The van der Waals surface area contributed by atoms with Gasteiger partial charge in [-0.05, 0) is 25.5 Å². The van der Waals surface area contributed by atoms with Gasteiger partial charge in [0, 0.05) is 11.3 Å². The van der Waals surface area contributed by atoms with E-state index in [4.69, 9.17) is 0 Å². The van der Waals surface area contributed by atoms with Gasteiger partial charge in [0.15, 0.2) is 0 Å². The predicted octanol–water partition coefficient (Wildman–Crippen LogP) is 1.83. The lowest BCUT2D eigenvalue weighted by molar-refractivity contribution is -0.129. The molecule has 1 aliphatic heterocycles. The van der Waals surface area contributed by atoms with Crippen LogP contribution in [0.3, 0.4) is 0 Å². The van der Waals surface area contributed by atoms with Gasteiger partial charge in [0.1, 0.15) is 0 Å². The largest absolute Gasteiger partial charge is 0.327 e. The Morgan fingerprint density at radius 3 is 2.69 bits per heavy atom. The van der Waals surface area contributed by atoms with Crippen molar-refractivity contribution in [3.8, 4) is 0 Å². The maximum absolute atomic E-state index is 12.0. The average Bonchev–Trinajstić information content (AvgIpc) is 2.89. The fraction of sp³-hybridized carbons (Fsp3) is 0.917. The Morgan fingerprint density at radius 1 is 1.50 bits per heavy atom. The lowest BCUT2D eigenvalue weighted by Crippen LogP contribution is -2.41. The highest BCUT2D eigenvalue weighted by Crippen LogP contribution is 2.41. The van der Waals surface area contributed by atoms with Crippen molar-refractivity contribution >= 4 is 17.7 Å². The van der Waals surface area contributed by atoms with Gasteiger partial charge in [-0.1, -0.05) is 19.8 Å². The Balaban J connectivity index is 1.97. The smallest absolute Gasteiger partial charge is 0.240 e. The summed E-state index contributed by atoms with van der Waals surface area (Å²) >= 11 is 1.96. The maximum Gasteiger partial charge on any atom is 0.240 e. The predicted molar refractivity (Wildman–Crippen MR) is 68.5 cm³/mol. The van der Waals surface area contributed by atoms with Gasteiger partial charge in [-0.15, -0.1) is 0 Å². The molecule has 1 amide bonds. The zero-order valence-corrected chi connectivity index (χ0v) is 11.1. The lowest BCUT2D eigenvalue weighted by atomic mass is 10.1. The van der Waals surface area contributed by atoms with Crippen LogP contribution in [0.25, 0.3) is 0 Å². The van der Waals surface area contributed by atoms with E-state index in [1.54, 1.807) is 0 Å². The first-order chi connectivity index (χ1) is 7.71. The average molecular weight is 242 g/mol. The molecule has 0 spiro atoms. The summed E-state index contributed by atoms with van der Waals surface area (Å²) in [4.78, 5) is 14.1. The van der Waals surface area contributed by atoms with Crippen molar-refractivity contribution in [1.29, 1.82) is 0 Å². The minimum atomic E-state index is 0.0697. The third-order valence-electron chi connectivity index (χ3n) is 3.97. The standard InChI is InChI=1S/C12H22N2OS/c1-3-10-11(15)14(9-13-10)8-12(16-2)6-4-5-7-12/h10,13H,3-9H2,1-2H3. The minimum Gasteiger partial charge on any atom is -0.327 e. The van der Waals surface area contributed by atoms with Crippen LogP contribution in [0.2, 0.25) is 0 Å². The van der Waals surface area contributed by atoms with Crippen LogP contribution in [0.1, 0.15) is 39.0 Å². The zero-order valence-electron chi connectivity index (χ0n) is 10.3. The molecule has 2 fully saturated rings. The molecule has 1 saturated heterocycles. The molecule has 1 heterocycles. The van der Waals surface area contributed by atoms with Gasteiger partial charge < -0.3 is 4.90 Å². The van der Waals surface area contributed by atoms with Crippen molar-refractivity contribution in [2.24, 2.45) is 0 Å². The second-order valence-electron chi connectivity index (χ2n) is 4.95. The molecule has 3 nitrogen and oxygen atoms in total. The van der Waals surface area contributed by atoms with Crippen LogP contribution in [0.15, 0.2) is 0 Å². The summed E-state index contributed by atoms with van der Waals surface area (Å²) in [6, 6.07) is 0.0697. The van der Waals surface area contributed by atoms with Crippen LogP contribution < -0.4 is 5.32 Å². The number of amides is 1. The van der Waals surface area contributed by atoms with Gasteiger partial charge in [0.25, 0.3) is 0 Å². The number of nitrogens with zero attached hydrogens (tertiary/aromatic N) is 1. The van der Waals surface area contributed by atoms with Gasteiger partial charge in [-0.2, -0.15) is 11.8 Å². The van der Waals surface area contributed by atoms with Crippen molar-refractivity contribution in [3.63, 3.8) is 0 Å². The number of hydrogen-bond acceptors (Lipinski definition) is 3. The molecule has 0 aromatic heterocycles. The molecule has 1 atom stereocenters. The van der Waals surface area contributed by atoms with Crippen LogP contribution in [-0.2, 0) is 4.79 Å². The van der Waals surface area contributed by atoms with E-state index < -0.39 is 0 Å². The first kappa shape index (κ1) is 12.2. The van der Waals surface area contributed by atoms with E-state index in [1.165, 1.54) is 25.7 Å². The molecular weight excluding hydrogens is 220 g/mol. The Bertz CT molecular complexity index is 264. The molecule has 1 saturated carbocycles. The van der Waals surface area contributed by atoms with Crippen molar-refractivity contribution < 1.29 is 4.79 Å². The molecule has 0 aromatic rings. The number of nitrogens with one attached hydrogen (secondary N) is 1. The van der Waals surface area contributed by atoms with E-state index >= 15 is 0 Å². The van der Waals surface area contributed by atoms with Gasteiger partial charge in [0.05, 0.1) is 12.7 Å². The second kappa shape index (κ2) is 4.96. The summed E-state index contributed by atoms with van der Waals surface area (Å²) in [6.07, 6.45) is 8.29. The third kappa shape index (κ3) is 2.23. The van der Waals surface area contributed by atoms with Gasteiger partial charge in [0.2, 0.25) is 5.91 Å². The van der Waals surface area contributed by atoms with Crippen molar-refractivity contribution in [2.75, 3.05) is 19.5 Å². The topological polar surface area (TPSA) is 32.3 Å². The summed E-state index contributed by atoms with van der Waals surface area (Å²) < 4.78 is 0.347. The Labute approximate surface area is 102 Å². The minimum absolute atomic E-state index is 0.0697. The molecule has 2 rings (SSSR count). The Morgan fingerprint density at radius 2 is 2.19 bits per heavy atom. The van der Waals surface area contributed by atoms with Crippen LogP contribution in [0, 0.1) is 0 Å². The van der Waals surface area contributed by atoms with Crippen molar-refractivity contribution in [1.82, 2.24) is 10.2 Å². The van der Waals surface area contributed by atoms with Gasteiger partial charge >= 0.3 is 0 Å². The molecule has 1 unspecified atom stereocenters. The molecule has 1 aliphatic carbocycles. The van der Waals surface area contributed by atoms with E-state index in [0.29, 0.717) is 10.7 Å². The fourth-order valence-electron chi connectivity index (χ4n) is 2.85. The maximum atomic E-state index is 12.0. The quantitative estimate of drug-likeness (QED) is 0.816. The fourth-order valence-corrected chi connectivity index (χ4v) is 3.83. The molecule has 0 aromatic carbocycles. The number of carbonyl (C=O) groups is 1. The summed E-state index contributed by atoms with van der Waals surface area (Å²) in [6.45, 7) is 3.76.